The maximum absolute atomic E-state index is 12.2. The molecule has 0 radical (unpaired) electrons. The molecule has 3 fully saturated rings. The Balaban J connectivity index is 1.27. The number of fused-ring (bicyclic) bond motifs is 1. The summed E-state index contributed by atoms with van der Waals surface area (Å²) in [6.07, 6.45) is 1.35. The van der Waals surface area contributed by atoms with E-state index >= 15 is 0 Å². The molecule has 4 atom stereocenters. The molecular weight excluding hydrogens is 336 g/mol. The van der Waals surface area contributed by atoms with Gasteiger partial charge in [0.05, 0.1) is 19.3 Å². The van der Waals surface area contributed by atoms with E-state index in [1.54, 1.807) is 24.3 Å². The van der Waals surface area contributed by atoms with Crippen LogP contribution in [0.4, 0.5) is 10.5 Å². The van der Waals surface area contributed by atoms with Gasteiger partial charge in [-0.15, -0.1) is 0 Å². The van der Waals surface area contributed by atoms with E-state index in [-0.39, 0.29) is 24.0 Å². The highest BCUT2D eigenvalue weighted by Gasteiger charge is 2.49. The van der Waals surface area contributed by atoms with E-state index in [9.17, 15) is 9.59 Å². The molecule has 0 bridgehead atoms. The van der Waals surface area contributed by atoms with Gasteiger partial charge < -0.3 is 19.5 Å². The van der Waals surface area contributed by atoms with Crippen LogP contribution in [0.1, 0.15) is 30.1 Å². The molecule has 7 nitrogen and oxygen atoms in total. The van der Waals surface area contributed by atoms with Crippen molar-refractivity contribution in [3.05, 3.63) is 29.8 Å². The Labute approximate surface area is 152 Å². The van der Waals surface area contributed by atoms with Crippen molar-refractivity contribution in [1.29, 1.82) is 0 Å². The summed E-state index contributed by atoms with van der Waals surface area (Å²) in [5, 5.41) is 6.18. The molecule has 2 aliphatic heterocycles. The third-order valence-electron chi connectivity index (χ3n) is 5.17. The van der Waals surface area contributed by atoms with E-state index in [0.29, 0.717) is 24.5 Å². The molecule has 0 aromatic heterocycles. The molecule has 4 rings (SSSR count). The van der Waals surface area contributed by atoms with E-state index < -0.39 is 12.2 Å². The Bertz CT molecular complexity index is 673. The van der Waals surface area contributed by atoms with Crippen molar-refractivity contribution in [2.75, 3.05) is 25.1 Å². The highest BCUT2D eigenvalue weighted by atomic mass is 16.6. The fourth-order valence-electron chi connectivity index (χ4n) is 3.45. The summed E-state index contributed by atoms with van der Waals surface area (Å²) in [7, 11) is 0. The molecule has 1 aromatic carbocycles. The first kappa shape index (κ1) is 17.5. The van der Waals surface area contributed by atoms with Gasteiger partial charge in [0.25, 0.3) is 0 Å². The molecule has 2 heterocycles. The van der Waals surface area contributed by atoms with Crippen molar-refractivity contribution in [1.82, 2.24) is 5.32 Å². The van der Waals surface area contributed by atoms with Crippen LogP contribution in [0.25, 0.3) is 0 Å². The smallest absolute Gasteiger partial charge is 0.412 e. The second kappa shape index (κ2) is 7.34. The quantitative estimate of drug-likeness (QED) is 0.755. The number of anilines is 1. The fourth-order valence-corrected chi connectivity index (χ4v) is 3.45. The average Bonchev–Trinajstić information content (AvgIpc) is 3.24. The highest BCUT2D eigenvalue weighted by Crippen LogP contribution is 2.31. The number of nitrogens with one attached hydrogen (secondary N) is 2. The summed E-state index contributed by atoms with van der Waals surface area (Å²) in [6, 6.07) is 6.86. The molecule has 0 spiro atoms. The number of rotatable bonds is 6. The third kappa shape index (κ3) is 3.90. The van der Waals surface area contributed by atoms with E-state index in [2.05, 4.69) is 10.6 Å². The van der Waals surface area contributed by atoms with Gasteiger partial charge in [-0.2, -0.15) is 0 Å². The molecule has 2 N–H and O–H groups in total. The molecule has 1 saturated carbocycles. The molecule has 26 heavy (non-hydrogen) atoms. The second-order valence-corrected chi connectivity index (χ2v) is 7.26. The molecule has 3 aliphatic rings. The van der Waals surface area contributed by atoms with Gasteiger partial charge in [0.15, 0.2) is 11.9 Å². The Morgan fingerprint density at radius 1 is 1.12 bits per heavy atom. The van der Waals surface area contributed by atoms with Crippen molar-refractivity contribution in [3.63, 3.8) is 0 Å². The summed E-state index contributed by atoms with van der Waals surface area (Å²) >= 11 is 0. The second-order valence-electron chi connectivity index (χ2n) is 7.26. The molecule has 1 amide bonds. The Hall–Kier alpha value is -1.96. The Morgan fingerprint density at radius 3 is 2.54 bits per heavy atom. The number of hydrogen-bond donors (Lipinski definition) is 2. The van der Waals surface area contributed by atoms with Crippen molar-refractivity contribution in [2.45, 2.75) is 44.1 Å². The van der Waals surface area contributed by atoms with E-state index in [4.69, 9.17) is 14.2 Å². The van der Waals surface area contributed by atoms with Crippen molar-refractivity contribution >= 4 is 17.6 Å². The first-order valence-electron chi connectivity index (χ1n) is 9.15. The first-order valence-corrected chi connectivity index (χ1v) is 9.15. The van der Waals surface area contributed by atoms with Crippen LogP contribution in [0.2, 0.25) is 0 Å². The summed E-state index contributed by atoms with van der Waals surface area (Å²) in [4.78, 5) is 23.4. The van der Waals surface area contributed by atoms with Crippen molar-refractivity contribution < 1.29 is 23.8 Å². The molecule has 1 aliphatic carbocycles. The standard InChI is InChI=1S/C19H24N2O5/c1-11(22)13-4-6-14(7-5-13)21-19(23)26-16-10-25-17-15(9-24-18(16)17)20-8-12-2-3-12/h4-7,12,15-18,20H,2-3,8-10H2,1H3,(H,21,23)/t15-,16-,17-,18+/m0/s1. The predicted octanol–water partition coefficient (Wildman–Crippen LogP) is 1.97. The van der Waals surface area contributed by atoms with Gasteiger partial charge in [-0.1, -0.05) is 0 Å². The monoisotopic (exact) mass is 360 g/mol. The zero-order chi connectivity index (χ0) is 18.1. The first-order chi connectivity index (χ1) is 12.6. The number of hydrogen-bond acceptors (Lipinski definition) is 6. The molecule has 0 unspecified atom stereocenters. The van der Waals surface area contributed by atoms with Crippen LogP contribution in [-0.2, 0) is 14.2 Å². The SMILES string of the molecule is CC(=O)c1ccc(NC(=O)O[C@H]2CO[C@@H]3[C@@H]2OC[C@@H]3NCC2CC2)cc1. The minimum Gasteiger partial charge on any atom is -0.441 e. The maximum Gasteiger partial charge on any atom is 0.412 e. The summed E-state index contributed by atoms with van der Waals surface area (Å²) in [5.74, 6) is 0.777. The number of carbonyl (C=O) groups is 2. The van der Waals surface area contributed by atoms with E-state index in [1.807, 2.05) is 0 Å². The van der Waals surface area contributed by atoms with Crippen LogP contribution in [0.3, 0.4) is 0 Å². The van der Waals surface area contributed by atoms with E-state index in [1.165, 1.54) is 19.8 Å². The van der Waals surface area contributed by atoms with Crippen molar-refractivity contribution in [2.24, 2.45) is 5.92 Å². The minimum absolute atomic E-state index is 0.0171. The van der Waals surface area contributed by atoms with Crippen LogP contribution in [0, 0.1) is 5.92 Å². The van der Waals surface area contributed by atoms with E-state index in [0.717, 1.165) is 12.5 Å². The number of amides is 1. The van der Waals surface area contributed by atoms with Crippen LogP contribution >= 0.6 is 0 Å². The molecular formula is C19H24N2O5. The van der Waals surface area contributed by atoms with Gasteiger partial charge in [0.2, 0.25) is 0 Å². The van der Waals surface area contributed by atoms with Gasteiger partial charge in [-0.25, -0.2) is 4.79 Å². The number of ketones is 1. The van der Waals surface area contributed by atoms with Gasteiger partial charge in [-0.3, -0.25) is 10.1 Å². The van der Waals surface area contributed by atoms with Gasteiger partial charge >= 0.3 is 6.09 Å². The Kier molecular flexibility index (Phi) is 4.93. The molecule has 140 valence electrons. The summed E-state index contributed by atoms with van der Waals surface area (Å²) in [5.41, 5.74) is 1.17. The largest absolute Gasteiger partial charge is 0.441 e. The van der Waals surface area contributed by atoms with Gasteiger partial charge in [0.1, 0.15) is 12.2 Å². The van der Waals surface area contributed by atoms with Crippen LogP contribution < -0.4 is 10.6 Å². The number of benzene rings is 1. The fraction of sp³-hybridized carbons (Fsp3) is 0.579. The third-order valence-corrected chi connectivity index (χ3v) is 5.17. The molecule has 2 saturated heterocycles. The summed E-state index contributed by atoms with van der Waals surface area (Å²) < 4.78 is 17.1. The lowest BCUT2D eigenvalue weighted by Gasteiger charge is -2.18. The average molecular weight is 360 g/mol. The number of ether oxygens (including phenoxy) is 3. The van der Waals surface area contributed by atoms with Crippen LogP contribution in [0.5, 0.6) is 0 Å². The Morgan fingerprint density at radius 2 is 1.85 bits per heavy atom. The summed E-state index contributed by atoms with van der Waals surface area (Å²) in [6.45, 7) is 3.42. The zero-order valence-electron chi connectivity index (χ0n) is 14.8. The zero-order valence-corrected chi connectivity index (χ0v) is 14.8. The van der Waals surface area contributed by atoms with Crippen LogP contribution in [-0.4, -0.2) is 56.0 Å². The maximum atomic E-state index is 12.2. The lowest BCUT2D eigenvalue weighted by atomic mass is 10.1. The van der Waals surface area contributed by atoms with Gasteiger partial charge in [0, 0.05) is 11.3 Å². The van der Waals surface area contributed by atoms with Crippen molar-refractivity contribution in [3.8, 4) is 0 Å². The normalized spacial score (nSPS) is 30.0. The lowest BCUT2D eigenvalue weighted by molar-refractivity contribution is 0.00856. The molecule has 1 aromatic rings. The lowest BCUT2D eigenvalue weighted by Crippen LogP contribution is -2.42. The molecule has 7 heteroatoms. The number of Topliss-reactive ketones (excluding diaryl/α,β-unsaturated/α-hetero) is 1. The van der Waals surface area contributed by atoms with Gasteiger partial charge in [-0.05, 0) is 56.5 Å². The highest BCUT2D eigenvalue weighted by molar-refractivity contribution is 5.94. The predicted molar refractivity (Wildman–Crippen MR) is 94.3 cm³/mol. The number of carbonyl (C=O) groups excluding carboxylic acids is 2. The minimum atomic E-state index is -0.548. The topological polar surface area (TPSA) is 85.9 Å². The van der Waals surface area contributed by atoms with Crippen LogP contribution in [0.15, 0.2) is 24.3 Å².